The first-order chi connectivity index (χ1) is 8.56. The number of hydrogen-bond acceptors (Lipinski definition) is 1. The van der Waals surface area contributed by atoms with Gasteiger partial charge in [0.05, 0.1) is 5.69 Å². The summed E-state index contributed by atoms with van der Waals surface area (Å²) in [6.45, 7) is 0.444. The lowest BCUT2D eigenvalue weighted by atomic mass is 10.2. The Bertz CT molecular complexity index is 534. The minimum atomic E-state index is -0.308. The summed E-state index contributed by atoms with van der Waals surface area (Å²) in [5.74, 6) is -0.308. The Morgan fingerprint density at radius 2 is 1.78 bits per heavy atom. The largest absolute Gasteiger partial charge is 0.378 e. The van der Waals surface area contributed by atoms with Gasteiger partial charge in [0.2, 0.25) is 0 Å². The SMILES string of the molecule is Fc1cccc(Br)c1NCc1cc(Cl)cc(Cl)c1. The van der Waals surface area contributed by atoms with Crippen LogP contribution in [0.15, 0.2) is 40.9 Å². The molecule has 1 N–H and O–H groups in total. The van der Waals surface area contributed by atoms with Gasteiger partial charge in [-0.05, 0) is 51.8 Å². The van der Waals surface area contributed by atoms with Gasteiger partial charge in [-0.15, -0.1) is 0 Å². The summed E-state index contributed by atoms with van der Waals surface area (Å²) >= 11 is 15.1. The molecule has 0 fully saturated rings. The van der Waals surface area contributed by atoms with Crippen molar-refractivity contribution in [2.24, 2.45) is 0 Å². The molecule has 0 radical (unpaired) electrons. The molecule has 5 heteroatoms. The Morgan fingerprint density at radius 3 is 2.39 bits per heavy atom. The molecular weight excluding hydrogens is 340 g/mol. The Balaban J connectivity index is 2.16. The van der Waals surface area contributed by atoms with Gasteiger partial charge in [0.1, 0.15) is 5.82 Å². The monoisotopic (exact) mass is 347 g/mol. The molecular formula is C13H9BrCl2FN. The zero-order valence-electron chi connectivity index (χ0n) is 9.18. The molecule has 0 atom stereocenters. The van der Waals surface area contributed by atoms with Crippen LogP contribution in [-0.4, -0.2) is 0 Å². The van der Waals surface area contributed by atoms with Crippen LogP contribution in [0.2, 0.25) is 10.0 Å². The molecule has 0 aliphatic carbocycles. The number of para-hydroxylation sites is 1. The van der Waals surface area contributed by atoms with Gasteiger partial charge in [-0.2, -0.15) is 0 Å². The highest BCUT2D eigenvalue weighted by atomic mass is 79.9. The van der Waals surface area contributed by atoms with Crippen molar-refractivity contribution < 1.29 is 4.39 Å². The van der Waals surface area contributed by atoms with Gasteiger partial charge in [-0.25, -0.2) is 4.39 Å². The first-order valence-electron chi connectivity index (χ1n) is 5.19. The average molecular weight is 349 g/mol. The third-order valence-electron chi connectivity index (χ3n) is 2.35. The predicted octanol–water partition coefficient (Wildman–Crippen LogP) is 5.51. The number of benzene rings is 2. The maximum absolute atomic E-state index is 13.6. The molecule has 0 aliphatic heterocycles. The van der Waals surface area contributed by atoms with Gasteiger partial charge in [0.25, 0.3) is 0 Å². The number of hydrogen-bond donors (Lipinski definition) is 1. The molecule has 2 rings (SSSR count). The number of rotatable bonds is 3. The van der Waals surface area contributed by atoms with Crippen LogP contribution in [0.5, 0.6) is 0 Å². The second kappa shape index (κ2) is 5.91. The fraction of sp³-hybridized carbons (Fsp3) is 0.0769. The van der Waals surface area contributed by atoms with Gasteiger partial charge in [0, 0.05) is 21.1 Å². The molecule has 0 heterocycles. The quantitative estimate of drug-likeness (QED) is 0.771. The lowest BCUT2D eigenvalue weighted by Crippen LogP contribution is -2.02. The topological polar surface area (TPSA) is 12.0 Å². The zero-order valence-corrected chi connectivity index (χ0v) is 12.3. The minimum absolute atomic E-state index is 0.308. The molecule has 18 heavy (non-hydrogen) atoms. The molecule has 0 spiro atoms. The van der Waals surface area contributed by atoms with E-state index < -0.39 is 0 Å². The van der Waals surface area contributed by atoms with Crippen LogP contribution in [0.4, 0.5) is 10.1 Å². The van der Waals surface area contributed by atoms with Crippen LogP contribution in [0.3, 0.4) is 0 Å². The number of anilines is 1. The first kappa shape index (κ1) is 13.7. The Labute approximate surface area is 123 Å². The van der Waals surface area contributed by atoms with Crippen molar-refractivity contribution in [1.29, 1.82) is 0 Å². The maximum Gasteiger partial charge on any atom is 0.147 e. The zero-order chi connectivity index (χ0) is 13.1. The highest BCUT2D eigenvalue weighted by molar-refractivity contribution is 9.10. The van der Waals surface area contributed by atoms with E-state index in [0.717, 1.165) is 5.56 Å². The molecule has 0 amide bonds. The summed E-state index contributed by atoms with van der Waals surface area (Å²) in [5, 5.41) is 4.14. The van der Waals surface area contributed by atoms with Crippen LogP contribution >= 0.6 is 39.1 Å². The Hall–Kier alpha value is -0.770. The normalized spacial score (nSPS) is 10.4. The maximum atomic E-state index is 13.6. The molecule has 0 saturated heterocycles. The average Bonchev–Trinajstić information content (AvgIpc) is 2.27. The van der Waals surface area contributed by atoms with Crippen molar-refractivity contribution in [1.82, 2.24) is 0 Å². The van der Waals surface area contributed by atoms with Crippen molar-refractivity contribution in [3.63, 3.8) is 0 Å². The third kappa shape index (κ3) is 3.37. The van der Waals surface area contributed by atoms with Crippen molar-refractivity contribution in [2.45, 2.75) is 6.54 Å². The van der Waals surface area contributed by atoms with Crippen LogP contribution in [0.1, 0.15) is 5.56 Å². The molecule has 94 valence electrons. The van der Waals surface area contributed by atoms with Crippen molar-refractivity contribution in [3.05, 3.63) is 62.3 Å². The molecule has 0 aromatic heterocycles. The number of halogens is 4. The van der Waals surface area contributed by atoms with E-state index in [9.17, 15) is 4.39 Å². The van der Waals surface area contributed by atoms with Gasteiger partial charge >= 0.3 is 0 Å². The van der Waals surface area contributed by atoms with Crippen LogP contribution in [0, 0.1) is 5.82 Å². The smallest absolute Gasteiger partial charge is 0.147 e. The summed E-state index contributed by atoms with van der Waals surface area (Å²) < 4.78 is 14.2. The summed E-state index contributed by atoms with van der Waals surface area (Å²) in [5.41, 5.74) is 1.32. The minimum Gasteiger partial charge on any atom is -0.378 e. The number of nitrogens with one attached hydrogen (secondary N) is 1. The van der Waals surface area contributed by atoms with E-state index in [-0.39, 0.29) is 5.82 Å². The van der Waals surface area contributed by atoms with Gasteiger partial charge in [0.15, 0.2) is 0 Å². The summed E-state index contributed by atoms with van der Waals surface area (Å²) in [6.07, 6.45) is 0. The van der Waals surface area contributed by atoms with Crippen LogP contribution < -0.4 is 5.32 Å². The van der Waals surface area contributed by atoms with Gasteiger partial charge in [-0.3, -0.25) is 0 Å². The first-order valence-corrected chi connectivity index (χ1v) is 6.74. The summed E-state index contributed by atoms with van der Waals surface area (Å²) in [6, 6.07) is 10.0. The second-order valence-electron chi connectivity index (χ2n) is 3.73. The second-order valence-corrected chi connectivity index (χ2v) is 5.46. The van der Waals surface area contributed by atoms with Crippen LogP contribution in [0.25, 0.3) is 0 Å². The third-order valence-corrected chi connectivity index (χ3v) is 3.45. The van der Waals surface area contributed by atoms with Crippen LogP contribution in [-0.2, 0) is 6.54 Å². The van der Waals surface area contributed by atoms with E-state index in [1.54, 1.807) is 30.3 Å². The molecule has 2 aromatic carbocycles. The van der Waals surface area contributed by atoms with Crippen molar-refractivity contribution in [3.8, 4) is 0 Å². The van der Waals surface area contributed by atoms with E-state index in [4.69, 9.17) is 23.2 Å². The van der Waals surface area contributed by atoms with E-state index in [1.807, 2.05) is 0 Å². The summed E-state index contributed by atoms with van der Waals surface area (Å²) in [4.78, 5) is 0. The lowest BCUT2D eigenvalue weighted by molar-refractivity contribution is 0.629. The van der Waals surface area contributed by atoms with Crippen molar-refractivity contribution in [2.75, 3.05) is 5.32 Å². The fourth-order valence-electron chi connectivity index (χ4n) is 1.57. The van der Waals surface area contributed by atoms with E-state index in [1.165, 1.54) is 6.07 Å². The Morgan fingerprint density at radius 1 is 1.11 bits per heavy atom. The predicted molar refractivity (Wildman–Crippen MR) is 77.9 cm³/mol. The summed E-state index contributed by atoms with van der Waals surface area (Å²) in [7, 11) is 0. The lowest BCUT2D eigenvalue weighted by Gasteiger charge is -2.10. The van der Waals surface area contributed by atoms with Gasteiger partial charge < -0.3 is 5.32 Å². The fourth-order valence-corrected chi connectivity index (χ4v) is 2.62. The molecule has 0 aliphatic rings. The molecule has 1 nitrogen and oxygen atoms in total. The van der Waals surface area contributed by atoms with E-state index in [0.29, 0.717) is 26.8 Å². The van der Waals surface area contributed by atoms with Crippen molar-refractivity contribution >= 4 is 44.8 Å². The standard InChI is InChI=1S/C13H9BrCl2FN/c14-11-2-1-3-12(17)13(11)18-7-8-4-9(15)6-10(16)5-8/h1-6,18H,7H2. The highest BCUT2D eigenvalue weighted by Crippen LogP contribution is 2.26. The molecule has 2 aromatic rings. The van der Waals surface area contributed by atoms with E-state index >= 15 is 0 Å². The van der Waals surface area contributed by atoms with Gasteiger partial charge in [-0.1, -0.05) is 29.3 Å². The molecule has 0 saturated carbocycles. The Kier molecular flexibility index (Phi) is 4.49. The molecule has 0 unspecified atom stereocenters. The van der Waals surface area contributed by atoms with E-state index in [2.05, 4.69) is 21.2 Å². The molecule has 0 bridgehead atoms. The highest BCUT2D eigenvalue weighted by Gasteiger charge is 2.06.